The highest BCUT2D eigenvalue weighted by Gasteiger charge is 2.17. The summed E-state index contributed by atoms with van der Waals surface area (Å²) < 4.78 is 4.58. The molecule has 5 heteroatoms. The Labute approximate surface area is 99.6 Å². The first-order chi connectivity index (χ1) is 7.97. The van der Waals surface area contributed by atoms with Gasteiger partial charge in [0.1, 0.15) is 6.04 Å². The van der Waals surface area contributed by atoms with E-state index >= 15 is 0 Å². The highest BCUT2D eigenvalue weighted by Crippen LogP contribution is 2.16. The average Bonchev–Trinajstić information content (AvgIpc) is 2.36. The number of hydrogen-bond acceptors (Lipinski definition) is 4. The van der Waals surface area contributed by atoms with E-state index in [1.807, 2.05) is 0 Å². The molecule has 0 aliphatic heterocycles. The second-order valence-electron chi connectivity index (χ2n) is 3.66. The molecule has 17 heavy (non-hydrogen) atoms. The van der Waals surface area contributed by atoms with Crippen LogP contribution in [0.1, 0.15) is 17.3 Å². The summed E-state index contributed by atoms with van der Waals surface area (Å²) >= 11 is 0. The van der Waals surface area contributed by atoms with Gasteiger partial charge >= 0.3 is 11.9 Å². The van der Waals surface area contributed by atoms with Crippen LogP contribution in [-0.2, 0) is 9.53 Å². The van der Waals surface area contributed by atoms with Gasteiger partial charge < -0.3 is 14.7 Å². The molecule has 0 heterocycles. The third-order valence-corrected chi connectivity index (χ3v) is 2.63. The SMILES string of the molecule is COC(=O)c1ccc(N(C)C(C)C(=O)O)cc1. The van der Waals surface area contributed by atoms with Gasteiger partial charge in [0, 0.05) is 12.7 Å². The van der Waals surface area contributed by atoms with Gasteiger partial charge in [0.15, 0.2) is 0 Å². The van der Waals surface area contributed by atoms with Crippen molar-refractivity contribution in [1.29, 1.82) is 0 Å². The fourth-order valence-electron chi connectivity index (χ4n) is 1.34. The molecule has 0 radical (unpaired) electrons. The van der Waals surface area contributed by atoms with Crippen LogP contribution in [0.15, 0.2) is 24.3 Å². The fraction of sp³-hybridized carbons (Fsp3) is 0.333. The number of carbonyl (C=O) groups excluding carboxylic acids is 1. The van der Waals surface area contributed by atoms with Crippen LogP contribution in [0.2, 0.25) is 0 Å². The number of anilines is 1. The van der Waals surface area contributed by atoms with E-state index in [4.69, 9.17) is 5.11 Å². The molecule has 1 aromatic carbocycles. The van der Waals surface area contributed by atoms with Gasteiger partial charge in [-0.2, -0.15) is 0 Å². The Balaban J connectivity index is 2.87. The predicted octanol–water partition coefficient (Wildman–Crippen LogP) is 1.38. The molecule has 0 amide bonds. The standard InChI is InChI=1S/C12H15NO4/c1-8(11(14)15)13(2)10-6-4-9(5-7-10)12(16)17-3/h4-8H,1-3H3,(H,14,15). The predicted molar refractivity (Wildman–Crippen MR) is 63.3 cm³/mol. The minimum absolute atomic E-state index is 0.412. The van der Waals surface area contributed by atoms with E-state index in [0.29, 0.717) is 5.56 Å². The molecule has 1 N–H and O–H groups in total. The van der Waals surface area contributed by atoms with E-state index < -0.39 is 18.0 Å². The molecule has 1 unspecified atom stereocenters. The van der Waals surface area contributed by atoms with Gasteiger partial charge in [-0.15, -0.1) is 0 Å². The Hall–Kier alpha value is -2.04. The van der Waals surface area contributed by atoms with Crippen molar-refractivity contribution in [2.45, 2.75) is 13.0 Å². The molecule has 5 nitrogen and oxygen atoms in total. The molecule has 0 saturated heterocycles. The van der Waals surface area contributed by atoms with Crippen LogP contribution in [0.25, 0.3) is 0 Å². The van der Waals surface area contributed by atoms with Crippen LogP contribution < -0.4 is 4.90 Å². The first-order valence-corrected chi connectivity index (χ1v) is 5.11. The lowest BCUT2D eigenvalue weighted by molar-refractivity contribution is -0.138. The number of hydrogen-bond donors (Lipinski definition) is 1. The fourth-order valence-corrected chi connectivity index (χ4v) is 1.34. The smallest absolute Gasteiger partial charge is 0.337 e. The summed E-state index contributed by atoms with van der Waals surface area (Å²) in [4.78, 5) is 23.6. The Morgan fingerprint density at radius 2 is 1.82 bits per heavy atom. The maximum absolute atomic E-state index is 11.2. The van der Waals surface area contributed by atoms with Gasteiger partial charge in [-0.25, -0.2) is 9.59 Å². The Kier molecular flexibility index (Phi) is 4.09. The summed E-state index contributed by atoms with van der Waals surface area (Å²) in [5.74, 6) is -1.31. The average molecular weight is 237 g/mol. The Morgan fingerprint density at radius 3 is 2.24 bits per heavy atom. The third-order valence-electron chi connectivity index (χ3n) is 2.63. The van der Waals surface area contributed by atoms with Crippen LogP contribution in [0.5, 0.6) is 0 Å². The van der Waals surface area contributed by atoms with E-state index in [9.17, 15) is 9.59 Å². The zero-order valence-corrected chi connectivity index (χ0v) is 10.0. The Morgan fingerprint density at radius 1 is 1.29 bits per heavy atom. The van der Waals surface area contributed by atoms with Gasteiger partial charge in [-0.1, -0.05) is 0 Å². The number of likely N-dealkylation sites (N-methyl/N-ethyl adjacent to an activating group) is 1. The molecule has 0 aromatic heterocycles. The number of esters is 1. The van der Waals surface area contributed by atoms with Crippen molar-refractivity contribution < 1.29 is 19.4 Å². The van der Waals surface area contributed by atoms with Gasteiger partial charge in [0.2, 0.25) is 0 Å². The summed E-state index contributed by atoms with van der Waals surface area (Å²) in [6.07, 6.45) is 0. The van der Waals surface area contributed by atoms with Crippen LogP contribution in [0, 0.1) is 0 Å². The number of ether oxygens (including phenoxy) is 1. The minimum Gasteiger partial charge on any atom is -0.480 e. The molecule has 1 atom stereocenters. The van der Waals surface area contributed by atoms with Crippen LogP contribution >= 0.6 is 0 Å². The molecule has 0 bridgehead atoms. The highest BCUT2D eigenvalue weighted by molar-refractivity contribution is 5.89. The maximum atomic E-state index is 11.2. The zero-order chi connectivity index (χ0) is 13.0. The van der Waals surface area contributed by atoms with Gasteiger partial charge in [0.25, 0.3) is 0 Å². The van der Waals surface area contributed by atoms with Crippen molar-refractivity contribution in [1.82, 2.24) is 0 Å². The normalized spacial score (nSPS) is 11.7. The summed E-state index contributed by atoms with van der Waals surface area (Å²) in [6.45, 7) is 1.59. The van der Waals surface area contributed by atoms with Crippen LogP contribution in [-0.4, -0.2) is 37.2 Å². The van der Waals surface area contributed by atoms with Crippen molar-refractivity contribution in [3.63, 3.8) is 0 Å². The molecule has 1 aromatic rings. The molecular weight excluding hydrogens is 222 g/mol. The number of aliphatic carboxylic acids is 1. The molecular formula is C12H15NO4. The summed E-state index contributed by atoms with van der Waals surface area (Å²) in [6, 6.07) is 5.95. The monoisotopic (exact) mass is 237 g/mol. The molecule has 0 saturated carbocycles. The number of carboxylic acids is 1. The first-order valence-electron chi connectivity index (χ1n) is 5.11. The van der Waals surface area contributed by atoms with Crippen molar-refractivity contribution in [2.24, 2.45) is 0 Å². The molecule has 0 spiro atoms. The molecule has 92 valence electrons. The summed E-state index contributed by atoms with van der Waals surface area (Å²) in [7, 11) is 3.00. The van der Waals surface area contributed by atoms with Crippen LogP contribution in [0.3, 0.4) is 0 Å². The van der Waals surface area contributed by atoms with Gasteiger partial charge in [0.05, 0.1) is 12.7 Å². The van der Waals surface area contributed by atoms with E-state index in [1.54, 1.807) is 43.1 Å². The number of rotatable bonds is 4. The van der Waals surface area contributed by atoms with Crippen molar-refractivity contribution in [3.8, 4) is 0 Å². The van der Waals surface area contributed by atoms with Gasteiger partial charge in [-0.05, 0) is 31.2 Å². The maximum Gasteiger partial charge on any atom is 0.337 e. The molecule has 0 fully saturated rings. The third kappa shape index (κ3) is 2.96. The van der Waals surface area contributed by atoms with E-state index in [-0.39, 0.29) is 0 Å². The quantitative estimate of drug-likeness (QED) is 0.801. The number of methoxy groups -OCH3 is 1. The highest BCUT2D eigenvalue weighted by atomic mass is 16.5. The lowest BCUT2D eigenvalue weighted by atomic mass is 10.2. The second-order valence-corrected chi connectivity index (χ2v) is 3.66. The van der Waals surface area contributed by atoms with Crippen molar-refractivity contribution in [2.75, 3.05) is 19.1 Å². The van der Waals surface area contributed by atoms with E-state index in [0.717, 1.165) is 5.69 Å². The Bertz CT molecular complexity index is 413. The largest absolute Gasteiger partial charge is 0.480 e. The lowest BCUT2D eigenvalue weighted by Gasteiger charge is -2.23. The van der Waals surface area contributed by atoms with E-state index in [2.05, 4.69) is 4.74 Å². The second kappa shape index (κ2) is 5.34. The molecule has 0 aliphatic carbocycles. The summed E-state index contributed by atoms with van der Waals surface area (Å²) in [5.41, 5.74) is 1.17. The topological polar surface area (TPSA) is 66.8 Å². The number of carboxylic acid groups (broad SMARTS) is 1. The molecule has 1 rings (SSSR count). The summed E-state index contributed by atoms with van der Waals surface area (Å²) in [5, 5.41) is 8.88. The zero-order valence-electron chi connectivity index (χ0n) is 10.0. The minimum atomic E-state index is -0.899. The van der Waals surface area contributed by atoms with Crippen molar-refractivity contribution >= 4 is 17.6 Å². The molecule has 0 aliphatic rings. The first kappa shape index (κ1) is 13.0. The van der Waals surface area contributed by atoms with Crippen LogP contribution in [0.4, 0.5) is 5.69 Å². The van der Waals surface area contributed by atoms with Gasteiger partial charge in [-0.3, -0.25) is 0 Å². The number of benzene rings is 1. The van der Waals surface area contributed by atoms with Crippen molar-refractivity contribution in [3.05, 3.63) is 29.8 Å². The number of nitrogens with zero attached hydrogens (tertiary/aromatic N) is 1. The van der Waals surface area contributed by atoms with E-state index in [1.165, 1.54) is 7.11 Å². The number of carbonyl (C=O) groups is 2. The lowest BCUT2D eigenvalue weighted by Crippen LogP contribution is -2.35.